The first kappa shape index (κ1) is 7.55. The number of benzene rings is 1. The molecular formula is C9H8Br. The monoisotopic (exact) mass is 195 g/mol. The fourth-order valence-electron chi connectivity index (χ4n) is 0.746. The van der Waals surface area contributed by atoms with Crippen LogP contribution in [0.4, 0.5) is 0 Å². The SMILES string of the molecule is [CH2]C=Cc1cccc(Br)c1. The summed E-state index contributed by atoms with van der Waals surface area (Å²) < 4.78 is 1.10. The van der Waals surface area contributed by atoms with Crippen molar-refractivity contribution < 1.29 is 0 Å². The zero-order chi connectivity index (χ0) is 7.40. The molecule has 0 aliphatic rings. The summed E-state index contributed by atoms with van der Waals surface area (Å²) in [6, 6.07) is 8.08. The maximum absolute atomic E-state index is 3.61. The maximum atomic E-state index is 3.61. The van der Waals surface area contributed by atoms with E-state index in [0.717, 1.165) is 4.47 Å². The van der Waals surface area contributed by atoms with E-state index in [2.05, 4.69) is 22.9 Å². The van der Waals surface area contributed by atoms with Gasteiger partial charge in [0.1, 0.15) is 0 Å². The van der Waals surface area contributed by atoms with Crippen molar-refractivity contribution in [2.24, 2.45) is 0 Å². The quantitative estimate of drug-likeness (QED) is 0.646. The molecule has 0 saturated heterocycles. The van der Waals surface area contributed by atoms with Crippen LogP contribution in [0.25, 0.3) is 6.08 Å². The van der Waals surface area contributed by atoms with E-state index in [4.69, 9.17) is 0 Å². The van der Waals surface area contributed by atoms with Crippen LogP contribution in [0.15, 0.2) is 34.8 Å². The number of hydrogen-bond donors (Lipinski definition) is 0. The summed E-state index contributed by atoms with van der Waals surface area (Å²) in [4.78, 5) is 0. The first-order valence-electron chi connectivity index (χ1n) is 3.04. The van der Waals surface area contributed by atoms with E-state index < -0.39 is 0 Å². The lowest BCUT2D eigenvalue weighted by atomic mass is 10.2. The summed E-state index contributed by atoms with van der Waals surface area (Å²) in [5.74, 6) is 0. The predicted octanol–water partition coefficient (Wildman–Crippen LogP) is 3.30. The van der Waals surface area contributed by atoms with Gasteiger partial charge >= 0.3 is 0 Å². The molecule has 0 N–H and O–H groups in total. The van der Waals surface area contributed by atoms with E-state index >= 15 is 0 Å². The summed E-state index contributed by atoms with van der Waals surface area (Å²) in [5, 5.41) is 0. The molecule has 0 bridgehead atoms. The Balaban J connectivity index is 2.95. The normalized spacial score (nSPS) is 10.6. The van der Waals surface area contributed by atoms with Crippen LogP contribution in [0.5, 0.6) is 0 Å². The largest absolute Gasteiger partial charge is 0.0836 e. The molecule has 0 spiro atoms. The molecule has 0 nitrogen and oxygen atoms in total. The third-order valence-electron chi connectivity index (χ3n) is 1.16. The molecular weight excluding hydrogens is 188 g/mol. The van der Waals surface area contributed by atoms with Gasteiger partial charge in [0, 0.05) is 4.47 Å². The first-order valence-corrected chi connectivity index (χ1v) is 3.83. The topological polar surface area (TPSA) is 0 Å². The summed E-state index contributed by atoms with van der Waals surface area (Å²) >= 11 is 3.38. The van der Waals surface area contributed by atoms with Gasteiger partial charge in [0.05, 0.1) is 0 Å². The van der Waals surface area contributed by atoms with Crippen molar-refractivity contribution in [2.45, 2.75) is 0 Å². The lowest BCUT2D eigenvalue weighted by Gasteiger charge is -1.91. The second kappa shape index (κ2) is 3.57. The summed E-state index contributed by atoms with van der Waals surface area (Å²) in [7, 11) is 0. The molecule has 0 saturated carbocycles. The Labute approximate surface area is 69.7 Å². The van der Waals surface area contributed by atoms with Gasteiger partial charge < -0.3 is 0 Å². The standard InChI is InChI=1S/C9H8Br/c1-2-4-8-5-3-6-9(10)7-8/h2-7H,1H2. The molecule has 1 aromatic carbocycles. The van der Waals surface area contributed by atoms with Crippen LogP contribution in [0.3, 0.4) is 0 Å². The lowest BCUT2D eigenvalue weighted by molar-refractivity contribution is 1.61. The number of allylic oxidation sites excluding steroid dienone is 1. The summed E-state index contributed by atoms with van der Waals surface area (Å²) in [6.07, 6.45) is 3.74. The zero-order valence-corrected chi connectivity index (χ0v) is 7.14. The van der Waals surface area contributed by atoms with Crippen molar-refractivity contribution in [1.82, 2.24) is 0 Å². The highest BCUT2D eigenvalue weighted by atomic mass is 79.9. The Morgan fingerprint density at radius 3 is 2.80 bits per heavy atom. The third kappa shape index (κ3) is 1.99. The highest BCUT2D eigenvalue weighted by Crippen LogP contribution is 2.12. The Morgan fingerprint density at radius 2 is 2.20 bits per heavy atom. The van der Waals surface area contributed by atoms with Gasteiger partial charge in [-0.1, -0.05) is 40.2 Å². The van der Waals surface area contributed by atoms with E-state index in [1.165, 1.54) is 5.56 Å². The second-order valence-corrected chi connectivity index (χ2v) is 2.87. The average molecular weight is 196 g/mol. The van der Waals surface area contributed by atoms with Crippen LogP contribution in [0, 0.1) is 6.92 Å². The van der Waals surface area contributed by atoms with Crippen LogP contribution >= 0.6 is 15.9 Å². The zero-order valence-electron chi connectivity index (χ0n) is 5.55. The predicted molar refractivity (Wildman–Crippen MR) is 48.5 cm³/mol. The molecule has 51 valence electrons. The molecule has 0 fully saturated rings. The third-order valence-corrected chi connectivity index (χ3v) is 1.65. The fourth-order valence-corrected chi connectivity index (χ4v) is 1.16. The second-order valence-electron chi connectivity index (χ2n) is 1.96. The Bertz CT molecular complexity index is 238. The molecule has 0 atom stereocenters. The van der Waals surface area contributed by atoms with Crippen LogP contribution < -0.4 is 0 Å². The van der Waals surface area contributed by atoms with Gasteiger partial charge in [0.15, 0.2) is 0 Å². The fraction of sp³-hybridized carbons (Fsp3) is 0. The minimum Gasteiger partial charge on any atom is -0.0836 e. The average Bonchev–Trinajstić information content (AvgIpc) is 1.88. The molecule has 1 aromatic rings. The number of hydrogen-bond acceptors (Lipinski definition) is 0. The van der Waals surface area contributed by atoms with Gasteiger partial charge in [-0.3, -0.25) is 0 Å². The number of halogens is 1. The molecule has 0 unspecified atom stereocenters. The van der Waals surface area contributed by atoms with Crippen LogP contribution in [-0.4, -0.2) is 0 Å². The summed E-state index contributed by atoms with van der Waals surface area (Å²) in [5.41, 5.74) is 1.17. The minimum absolute atomic E-state index is 1.10. The van der Waals surface area contributed by atoms with Crippen molar-refractivity contribution in [3.8, 4) is 0 Å². The smallest absolute Gasteiger partial charge is 0.0181 e. The Hall–Kier alpha value is -0.560. The van der Waals surface area contributed by atoms with Crippen molar-refractivity contribution >= 4 is 22.0 Å². The van der Waals surface area contributed by atoms with Crippen LogP contribution in [0.2, 0.25) is 0 Å². The molecule has 0 aliphatic heterocycles. The van der Waals surface area contributed by atoms with Gasteiger partial charge in [0.25, 0.3) is 0 Å². The molecule has 0 aromatic heterocycles. The van der Waals surface area contributed by atoms with Gasteiger partial charge in [-0.05, 0) is 24.6 Å². The lowest BCUT2D eigenvalue weighted by Crippen LogP contribution is -1.69. The molecule has 10 heavy (non-hydrogen) atoms. The molecule has 0 amide bonds. The van der Waals surface area contributed by atoms with Crippen LogP contribution in [-0.2, 0) is 0 Å². The minimum atomic E-state index is 1.10. The molecule has 1 radical (unpaired) electrons. The van der Waals surface area contributed by atoms with E-state index in [-0.39, 0.29) is 0 Å². The van der Waals surface area contributed by atoms with Crippen molar-refractivity contribution in [3.63, 3.8) is 0 Å². The van der Waals surface area contributed by atoms with E-state index in [9.17, 15) is 0 Å². The van der Waals surface area contributed by atoms with E-state index in [1.807, 2.05) is 30.3 Å². The van der Waals surface area contributed by atoms with Gasteiger partial charge in [-0.15, -0.1) is 0 Å². The Kier molecular flexibility index (Phi) is 2.69. The molecule has 0 aliphatic carbocycles. The van der Waals surface area contributed by atoms with Crippen molar-refractivity contribution in [1.29, 1.82) is 0 Å². The van der Waals surface area contributed by atoms with Gasteiger partial charge in [-0.2, -0.15) is 0 Å². The van der Waals surface area contributed by atoms with Gasteiger partial charge in [0.2, 0.25) is 0 Å². The molecule has 1 rings (SSSR count). The van der Waals surface area contributed by atoms with Gasteiger partial charge in [-0.25, -0.2) is 0 Å². The Morgan fingerprint density at radius 1 is 1.40 bits per heavy atom. The van der Waals surface area contributed by atoms with Crippen molar-refractivity contribution in [2.75, 3.05) is 0 Å². The maximum Gasteiger partial charge on any atom is 0.0181 e. The molecule has 1 heteroatoms. The van der Waals surface area contributed by atoms with E-state index in [1.54, 1.807) is 6.08 Å². The summed E-state index contributed by atoms with van der Waals surface area (Å²) in [6.45, 7) is 3.61. The first-order chi connectivity index (χ1) is 4.83. The highest BCUT2D eigenvalue weighted by molar-refractivity contribution is 9.10. The highest BCUT2D eigenvalue weighted by Gasteiger charge is 1.85. The van der Waals surface area contributed by atoms with Crippen molar-refractivity contribution in [3.05, 3.63) is 47.3 Å². The van der Waals surface area contributed by atoms with Crippen LogP contribution in [0.1, 0.15) is 5.56 Å². The molecule has 0 heterocycles. The van der Waals surface area contributed by atoms with E-state index in [0.29, 0.717) is 0 Å². The number of rotatable bonds is 1.